The molecule has 1 atom stereocenters. The molecule has 1 unspecified atom stereocenters. The van der Waals surface area contributed by atoms with E-state index in [0.717, 1.165) is 25.1 Å². The van der Waals surface area contributed by atoms with Crippen LogP contribution in [0.5, 0.6) is 0 Å². The van der Waals surface area contributed by atoms with E-state index in [-0.39, 0.29) is 0 Å². The van der Waals surface area contributed by atoms with Gasteiger partial charge in [-0.2, -0.15) is 0 Å². The Morgan fingerprint density at radius 3 is 2.62 bits per heavy atom. The lowest BCUT2D eigenvalue weighted by molar-refractivity contribution is 0.266. The average Bonchev–Trinajstić information content (AvgIpc) is 2.20. The summed E-state index contributed by atoms with van der Waals surface area (Å²) in [7, 11) is 0. The summed E-state index contributed by atoms with van der Waals surface area (Å²) < 4.78 is 13.5. The van der Waals surface area contributed by atoms with Gasteiger partial charge < -0.3 is 4.90 Å². The lowest BCUT2D eigenvalue weighted by Crippen LogP contribution is -2.36. The summed E-state index contributed by atoms with van der Waals surface area (Å²) in [5.74, 6) is 0. The number of rotatable bonds is 1. The summed E-state index contributed by atoms with van der Waals surface area (Å²) in [6.07, 6.45) is 2.02. The molecule has 1 aliphatic rings. The van der Waals surface area contributed by atoms with Crippen molar-refractivity contribution in [3.8, 4) is 0 Å². The van der Waals surface area contributed by atoms with Crippen LogP contribution in [0.25, 0.3) is 0 Å². The molecule has 1 fully saturated rings. The molecule has 1 saturated heterocycles. The van der Waals surface area contributed by atoms with E-state index in [1.165, 1.54) is 0 Å². The third-order valence-corrected chi connectivity index (χ3v) is 2.52. The minimum atomic E-state index is -0.781. The molecule has 0 aromatic heterocycles. The van der Waals surface area contributed by atoms with Gasteiger partial charge in [0, 0.05) is 12.2 Å². The first-order valence-electron chi connectivity index (χ1n) is 4.84. The quantitative estimate of drug-likeness (QED) is 0.599. The Kier molecular flexibility index (Phi) is 2.48. The molecular formula is C11H14FN. The molecule has 0 saturated carbocycles. The molecule has 1 heterocycles. The number of para-hydroxylation sites is 1. The normalized spacial score (nSPS) is 23.2. The molecule has 0 aliphatic carbocycles. The number of hydrogen-bond donors (Lipinski definition) is 0. The highest BCUT2D eigenvalue weighted by Gasteiger charge is 2.21. The van der Waals surface area contributed by atoms with Crippen molar-refractivity contribution in [2.24, 2.45) is 0 Å². The summed E-state index contributed by atoms with van der Waals surface area (Å²) in [5, 5.41) is 0. The smallest absolute Gasteiger partial charge is 0.172 e. The number of benzene rings is 1. The lowest BCUT2D eigenvalue weighted by Gasteiger charge is -2.32. The Bertz CT molecular complexity index is 260. The van der Waals surface area contributed by atoms with Gasteiger partial charge in [0.15, 0.2) is 6.30 Å². The van der Waals surface area contributed by atoms with Gasteiger partial charge in [-0.1, -0.05) is 18.2 Å². The van der Waals surface area contributed by atoms with E-state index in [2.05, 4.69) is 0 Å². The van der Waals surface area contributed by atoms with Gasteiger partial charge in [-0.15, -0.1) is 0 Å². The van der Waals surface area contributed by atoms with Crippen molar-refractivity contribution in [2.75, 3.05) is 11.4 Å². The standard InChI is InChI=1S/C11H14FN/c12-11-8-4-5-9-13(11)10-6-2-1-3-7-10/h1-3,6-7,11H,4-5,8-9H2. The monoisotopic (exact) mass is 179 g/mol. The van der Waals surface area contributed by atoms with Crippen LogP contribution in [0.3, 0.4) is 0 Å². The summed E-state index contributed by atoms with van der Waals surface area (Å²) in [6, 6.07) is 9.81. The molecule has 0 bridgehead atoms. The molecule has 13 heavy (non-hydrogen) atoms. The van der Waals surface area contributed by atoms with E-state index in [9.17, 15) is 4.39 Å². The molecular weight excluding hydrogens is 165 g/mol. The van der Waals surface area contributed by atoms with Crippen molar-refractivity contribution < 1.29 is 4.39 Å². The fraction of sp³-hybridized carbons (Fsp3) is 0.455. The number of halogens is 1. The first-order valence-corrected chi connectivity index (χ1v) is 4.84. The van der Waals surface area contributed by atoms with Crippen molar-refractivity contribution in [2.45, 2.75) is 25.6 Å². The van der Waals surface area contributed by atoms with Crippen LogP contribution in [0.4, 0.5) is 10.1 Å². The maximum Gasteiger partial charge on any atom is 0.172 e. The van der Waals surface area contributed by atoms with Crippen molar-refractivity contribution in [3.63, 3.8) is 0 Å². The van der Waals surface area contributed by atoms with Crippen molar-refractivity contribution >= 4 is 5.69 Å². The predicted molar refractivity (Wildman–Crippen MR) is 52.5 cm³/mol. The molecule has 70 valence electrons. The van der Waals surface area contributed by atoms with Gasteiger partial charge in [0.05, 0.1) is 0 Å². The van der Waals surface area contributed by atoms with Crippen LogP contribution in [-0.4, -0.2) is 12.8 Å². The van der Waals surface area contributed by atoms with Crippen LogP contribution < -0.4 is 4.90 Å². The number of alkyl halides is 1. The fourth-order valence-corrected chi connectivity index (χ4v) is 1.80. The third kappa shape index (κ3) is 1.82. The first kappa shape index (κ1) is 8.54. The number of hydrogen-bond acceptors (Lipinski definition) is 1. The second kappa shape index (κ2) is 3.77. The lowest BCUT2D eigenvalue weighted by atomic mass is 10.1. The minimum Gasteiger partial charge on any atom is -0.342 e. The zero-order chi connectivity index (χ0) is 9.10. The minimum absolute atomic E-state index is 0.675. The Morgan fingerprint density at radius 1 is 1.15 bits per heavy atom. The SMILES string of the molecule is FC1CCCCN1c1ccccc1. The van der Waals surface area contributed by atoms with E-state index in [1.807, 2.05) is 35.2 Å². The van der Waals surface area contributed by atoms with E-state index < -0.39 is 6.30 Å². The molecule has 1 aromatic carbocycles. The van der Waals surface area contributed by atoms with Crippen LogP contribution in [0.1, 0.15) is 19.3 Å². The van der Waals surface area contributed by atoms with Gasteiger partial charge in [0.2, 0.25) is 0 Å². The number of piperidine rings is 1. The van der Waals surface area contributed by atoms with Gasteiger partial charge in [0.1, 0.15) is 0 Å². The number of anilines is 1. The largest absolute Gasteiger partial charge is 0.342 e. The summed E-state index contributed by atoms with van der Waals surface area (Å²) in [4.78, 5) is 1.85. The second-order valence-corrected chi connectivity index (χ2v) is 3.46. The highest BCUT2D eigenvalue weighted by Crippen LogP contribution is 2.24. The van der Waals surface area contributed by atoms with Crippen molar-refractivity contribution in [1.29, 1.82) is 0 Å². The molecule has 1 nitrogen and oxygen atoms in total. The van der Waals surface area contributed by atoms with Crippen molar-refractivity contribution in [1.82, 2.24) is 0 Å². The zero-order valence-electron chi connectivity index (χ0n) is 7.62. The fourth-order valence-electron chi connectivity index (χ4n) is 1.80. The summed E-state index contributed by atoms with van der Waals surface area (Å²) in [6.45, 7) is 0.852. The second-order valence-electron chi connectivity index (χ2n) is 3.46. The van der Waals surface area contributed by atoms with Crippen LogP contribution in [-0.2, 0) is 0 Å². The van der Waals surface area contributed by atoms with Gasteiger partial charge in [-0.05, 0) is 31.4 Å². The van der Waals surface area contributed by atoms with E-state index in [1.54, 1.807) is 0 Å². The topological polar surface area (TPSA) is 3.24 Å². The number of nitrogens with zero attached hydrogens (tertiary/aromatic N) is 1. The average molecular weight is 179 g/mol. The molecule has 2 heteroatoms. The maximum atomic E-state index is 13.5. The van der Waals surface area contributed by atoms with Crippen molar-refractivity contribution in [3.05, 3.63) is 30.3 Å². The molecule has 0 spiro atoms. The highest BCUT2D eigenvalue weighted by atomic mass is 19.1. The molecule has 1 aromatic rings. The zero-order valence-corrected chi connectivity index (χ0v) is 7.62. The highest BCUT2D eigenvalue weighted by molar-refractivity contribution is 5.46. The van der Waals surface area contributed by atoms with Gasteiger partial charge >= 0.3 is 0 Å². The molecule has 0 N–H and O–H groups in total. The van der Waals surface area contributed by atoms with E-state index in [0.29, 0.717) is 6.42 Å². The Balaban J connectivity index is 2.15. The summed E-state index contributed by atoms with van der Waals surface area (Å²) >= 11 is 0. The molecule has 1 aliphatic heterocycles. The predicted octanol–water partition coefficient (Wildman–Crippen LogP) is 2.97. The molecule has 2 rings (SSSR count). The van der Waals surface area contributed by atoms with E-state index in [4.69, 9.17) is 0 Å². The Labute approximate surface area is 78.2 Å². The maximum absolute atomic E-state index is 13.5. The van der Waals surface area contributed by atoms with Crippen LogP contribution >= 0.6 is 0 Å². The van der Waals surface area contributed by atoms with Crippen LogP contribution in [0.2, 0.25) is 0 Å². The summed E-state index contributed by atoms with van der Waals surface area (Å²) in [5.41, 5.74) is 1.01. The Morgan fingerprint density at radius 2 is 1.92 bits per heavy atom. The van der Waals surface area contributed by atoms with Gasteiger partial charge in [-0.25, -0.2) is 4.39 Å². The van der Waals surface area contributed by atoms with E-state index >= 15 is 0 Å². The van der Waals surface area contributed by atoms with Crippen LogP contribution in [0, 0.1) is 0 Å². The first-order chi connectivity index (χ1) is 6.38. The van der Waals surface area contributed by atoms with Gasteiger partial charge in [-0.3, -0.25) is 0 Å². The Hall–Kier alpha value is -1.05. The van der Waals surface area contributed by atoms with Crippen LogP contribution in [0.15, 0.2) is 30.3 Å². The molecule has 0 amide bonds. The molecule has 0 radical (unpaired) electrons. The third-order valence-electron chi connectivity index (χ3n) is 2.52. The van der Waals surface area contributed by atoms with Gasteiger partial charge in [0.25, 0.3) is 0 Å².